The summed E-state index contributed by atoms with van der Waals surface area (Å²) in [5.74, 6) is 0.616. The summed E-state index contributed by atoms with van der Waals surface area (Å²) < 4.78 is 16.5. The van der Waals surface area contributed by atoms with Gasteiger partial charge in [-0.25, -0.2) is 0 Å². The molecule has 0 spiro atoms. The van der Waals surface area contributed by atoms with Crippen LogP contribution in [0.5, 0.6) is 11.5 Å². The average molecular weight is 445 g/mol. The standard InChI is InChI=1S/C23H28N2O5S/c1-28-17-9-3-4-10-18(17)30-14-20(26)25-23-21(16-8-2-5-11-19(16)31-23)22(27)24-13-15-7-6-12-29-15/h3-4,9-10,15H,2,5-8,11-14H2,1H3,(H,24,27)(H,25,26)/t15-/m0/s1. The van der Waals surface area contributed by atoms with Gasteiger partial charge in [-0.1, -0.05) is 12.1 Å². The normalized spacial score (nSPS) is 17.6. The minimum absolute atomic E-state index is 0.0747. The van der Waals surface area contributed by atoms with Gasteiger partial charge in [0.15, 0.2) is 18.1 Å². The fraction of sp³-hybridized carbons (Fsp3) is 0.478. The molecule has 7 nitrogen and oxygen atoms in total. The lowest BCUT2D eigenvalue weighted by Gasteiger charge is -2.15. The number of fused-ring (bicyclic) bond motifs is 1. The van der Waals surface area contributed by atoms with Crippen molar-refractivity contribution in [3.63, 3.8) is 0 Å². The van der Waals surface area contributed by atoms with E-state index in [9.17, 15) is 9.59 Å². The second-order valence-electron chi connectivity index (χ2n) is 7.75. The van der Waals surface area contributed by atoms with E-state index in [2.05, 4.69) is 10.6 Å². The predicted octanol–water partition coefficient (Wildman–Crippen LogP) is 3.56. The van der Waals surface area contributed by atoms with Crippen LogP contribution in [0.3, 0.4) is 0 Å². The lowest BCUT2D eigenvalue weighted by atomic mass is 9.95. The van der Waals surface area contributed by atoms with Crippen molar-refractivity contribution in [3.8, 4) is 11.5 Å². The summed E-state index contributed by atoms with van der Waals surface area (Å²) in [6.07, 6.45) is 6.04. The quantitative estimate of drug-likeness (QED) is 0.650. The third-order valence-electron chi connectivity index (χ3n) is 5.59. The van der Waals surface area contributed by atoms with Crippen molar-refractivity contribution >= 4 is 28.2 Å². The molecular weight excluding hydrogens is 416 g/mol. The van der Waals surface area contributed by atoms with Gasteiger partial charge >= 0.3 is 0 Å². The monoisotopic (exact) mass is 444 g/mol. The molecule has 2 amide bonds. The second-order valence-corrected chi connectivity index (χ2v) is 8.85. The number of hydrogen-bond donors (Lipinski definition) is 2. The van der Waals surface area contributed by atoms with E-state index in [1.165, 1.54) is 16.2 Å². The molecule has 1 aliphatic heterocycles. The second kappa shape index (κ2) is 10.2. The number of hydrogen-bond acceptors (Lipinski definition) is 6. The van der Waals surface area contributed by atoms with Gasteiger partial charge in [0.2, 0.25) is 0 Å². The Morgan fingerprint density at radius 1 is 1.16 bits per heavy atom. The summed E-state index contributed by atoms with van der Waals surface area (Å²) in [6, 6.07) is 7.18. The van der Waals surface area contributed by atoms with Gasteiger partial charge in [-0.15, -0.1) is 11.3 Å². The van der Waals surface area contributed by atoms with Crippen LogP contribution < -0.4 is 20.1 Å². The molecule has 4 rings (SSSR count). The SMILES string of the molecule is COc1ccccc1OCC(=O)Nc1sc2c(c1C(=O)NC[C@@H]1CCCO1)CCCC2. The molecule has 1 saturated heterocycles. The van der Waals surface area contributed by atoms with E-state index < -0.39 is 0 Å². The first kappa shape index (κ1) is 21.6. The number of aryl methyl sites for hydroxylation is 1. The largest absolute Gasteiger partial charge is 0.493 e. The van der Waals surface area contributed by atoms with Gasteiger partial charge in [0.05, 0.1) is 18.8 Å². The number of benzene rings is 1. The van der Waals surface area contributed by atoms with Crippen molar-refractivity contribution in [1.29, 1.82) is 0 Å². The summed E-state index contributed by atoms with van der Waals surface area (Å²) in [7, 11) is 1.56. The molecule has 2 heterocycles. The van der Waals surface area contributed by atoms with Crippen LogP contribution in [0.2, 0.25) is 0 Å². The van der Waals surface area contributed by atoms with Crippen molar-refractivity contribution in [3.05, 3.63) is 40.3 Å². The molecule has 31 heavy (non-hydrogen) atoms. The third kappa shape index (κ3) is 5.19. The van der Waals surface area contributed by atoms with E-state index in [0.29, 0.717) is 28.6 Å². The van der Waals surface area contributed by atoms with Gasteiger partial charge in [0, 0.05) is 18.0 Å². The van der Waals surface area contributed by atoms with E-state index >= 15 is 0 Å². The van der Waals surface area contributed by atoms with Crippen LogP contribution >= 0.6 is 11.3 Å². The van der Waals surface area contributed by atoms with Crippen molar-refractivity contribution in [1.82, 2.24) is 5.32 Å². The fourth-order valence-corrected chi connectivity index (χ4v) is 5.34. The molecule has 0 radical (unpaired) electrons. The van der Waals surface area contributed by atoms with E-state index in [1.54, 1.807) is 19.2 Å². The first-order chi connectivity index (χ1) is 15.2. The number of amides is 2. The van der Waals surface area contributed by atoms with Crippen molar-refractivity contribution < 1.29 is 23.8 Å². The van der Waals surface area contributed by atoms with Crippen LogP contribution in [0.25, 0.3) is 0 Å². The maximum Gasteiger partial charge on any atom is 0.262 e. The molecule has 1 aromatic heterocycles. The number of thiophene rings is 1. The van der Waals surface area contributed by atoms with Crippen molar-refractivity contribution in [2.75, 3.05) is 32.2 Å². The molecular formula is C23H28N2O5S. The number of methoxy groups -OCH3 is 1. The maximum absolute atomic E-state index is 13.0. The van der Waals surface area contributed by atoms with Gasteiger partial charge in [-0.2, -0.15) is 0 Å². The molecule has 0 bridgehead atoms. The van der Waals surface area contributed by atoms with Gasteiger partial charge < -0.3 is 24.8 Å². The summed E-state index contributed by atoms with van der Waals surface area (Å²) in [6.45, 7) is 1.08. The number of rotatable bonds is 8. The summed E-state index contributed by atoms with van der Waals surface area (Å²) in [5.41, 5.74) is 1.67. The Morgan fingerprint density at radius 2 is 1.97 bits per heavy atom. The highest BCUT2D eigenvalue weighted by molar-refractivity contribution is 7.17. The fourth-order valence-electron chi connectivity index (χ4n) is 4.04. The number of ether oxygens (including phenoxy) is 3. The minimum Gasteiger partial charge on any atom is -0.493 e. The number of carbonyl (C=O) groups excluding carboxylic acids is 2. The molecule has 1 atom stereocenters. The van der Waals surface area contributed by atoms with Crippen LogP contribution in [0.1, 0.15) is 46.5 Å². The zero-order valence-electron chi connectivity index (χ0n) is 17.7. The van der Waals surface area contributed by atoms with Gasteiger partial charge in [0.25, 0.3) is 11.8 Å². The Bertz CT molecular complexity index is 936. The van der Waals surface area contributed by atoms with Crippen LogP contribution in [-0.2, 0) is 22.4 Å². The number of para-hydroxylation sites is 2. The number of anilines is 1. The lowest BCUT2D eigenvalue weighted by molar-refractivity contribution is -0.118. The highest BCUT2D eigenvalue weighted by Gasteiger charge is 2.27. The summed E-state index contributed by atoms with van der Waals surface area (Å²) >= 11 is 1.50. The van der Waals surface area contributed by atoms with E-state index in [1.807, 2.05) is 12.1 Å². The van der Waals surface area contributed by atoms with E-state index in [0.717, 1.165) is 50.7 Å². The molecule has 166 valence electrons. The van der Waals surface area contributed by atoms with Gasteiger partial charge in [0.1, 0.15) is 5.00 Å². The van der Waals surface area contributed by atoms with E-state index in [-0.39, 0.29) is 24.5 Å². The molecule has 2 aromatic rings. The van der Waals surface area contributed by atoms with Crippen LogP contribution in [-0.4, -0.2) is 44.8 Å². The average Bonchev–Trinajstić information content (AvgIpc) is 3.43. The first-order valence-corrected chi connectivity index (χ1v) is 11.6. The first-order valence-electron chi connectivity index (χ1n) is 10.8. The van der Waals surface area contributed by atoms with Crippen LogP contribution in [0, 0.1) is 0 Å². The number of carbonyl (C=O) groups is 2. The topological polar surface area (TPSA) is 85.9 Å². The Labute approximate surface area is 186 Å². The zero-order valence-corrected chi connectivity index (χ0v) is 18.5. The molecule has 0 unspecified atom stereocenters. The van der Waals surface area contributed by atoms with Crippen molar-refractivity contribution in [2.24, 2.45) is 0 Å². The molecule has 2 N–H and O–H groups in total. The number of nitrogens with one attached hydrogen (secondary N) is 2. The van der Waals surface area contributed by atoms with Crippen LogP contribution in [0.4, 0.5) is 5.00 Å². The van der Waals surface area contributed by atoms with Crippen LogP contribution in [0.15, 0.2) is 24.3 Å². The Morgan fingerprint density at radius 3 is 2.74 bits per heavy atom. The Kier molecular flexibility index (Phi) is 7.09. The minimum atomic E-state index is -0.308. The maximum atomic E-state index is 13.0. The summed E-state index contributed by atoms with van der Waals surface area (Å²) in [4.78, 5) is 26.8. The Hall–Kier alpha value is -2.58. The van der Waals surface area contributed by atoms with Gasteiger partial charge in [-0.05, 0) is 56.2 Å². The molecule has 0 saturated carbocycles. The zero-order chi connectivity index (χ0) is 21.6. The van der Waals surface area contributed by atoms with Gasteiger partial charge in [-0.3, -0.25) is 9.59 Å². The molecule has 8 heteroatoms. The molecule has 2 aliphatic rings. The van der Waals surface area contributed by atoms with E-state index in [4.69, 9.17) is 14.2 Å². The predicted molar refractivity (Wildman–Crippen MR) is 119 cm³/mol. The Balaban J connectivity index is 1.44. The smallest absolute Gasteiger partial charge is 0.262 e. The highest BCUT2D eigenvalue weighted by atomic mass is 32.1. The lowest BCUT2D eigenvalue weighted by Crippen LogP contribution is -2.33. The molecule has 1 aromatic carbocycles. The molecule has 1 aliphatic carbocycles. The summed E-state index contributed by atoms with van der Waals surface area (Å²) in [5, 5.41) is 6.52. The third-order valence-corrected chi connectivity index (χ3v) is 6.80. The highest BCUT2D eigenvalue weighted by Crippen LogP contribution is 2.38. The van der Waals surface area contributed by atoms with Crippen molar-refractivity contribution in [2.45, 2.75) is 44.6 Å². The molecule has 1 fully saturated rings.